The van der Waals surface area contributed by atoms with Gasteiger partial charge in [0, 0.05) is 22.1 Å². The standard InChI is InChI=1S/C34H30N4O4S2/c1-20-11-13-23(14-12-20)28-19-43-34(37-28)38-32(39)21(2)44-33-26(18-35)25(17-27(36-33)22-9-7-6-8-10-22)24-15-29(40-3)31(42-5)30(16-24)41-4/h6-17,19,21H,1-5H3,(H,37,38,39). The Kier molecular flexibility index (Phi) is 9.48. The molecule has 0 aliphatic carbocycles. The van der Waals surface area contributed by atoms with Gasteiger partial charge in [-0.1, -0.05) is 71.9 Å². The number of thioether (sulfide) groups is 1. The third-order valence-electron chi connectivity index (χ3n) is 6.88. The minimum atomic E-state index is -0.583. The normalized spacial score (nSPS) is 11.4. The van der Waals surface area contributed by atoms with Crippen LogP contribution >= 0.6 is 23.1 Å². The summed E-state index contributed by atoms with van der Waals surface area (Å²) < 4.78 is 16.7. The number of carbonyl (C=O) groups is 1. The topological polar surface area (TPSA) is 106 Å². The molecule has 0 radical (unpaired) electrons. The fourth-order valence-electron chi connectivity index (χ4n) is 4.55. The van der Waals surface area contributed by atoms with Crippen molar-refractivity contribution < 1.29 is 19.0 Å². The number of ether oxygens (including phenoxy) is 3. The molecule has 10 heteroatoms. The van der Waals surface area contributed by atoms with Gasteiger partial charge in [-0.3, -0.25) is 4.79 Å². The molecule has 2 aromatic heterocycles. The number of aromatic nitrogens is 2. The molecular formula is C34H30N4O4S2. The second-order valence-corrected chi connectivity index (χ2v) is 12.0. The molecule has 2 heterocycles. The van der Waals surface area contributed by atoms with Crippen molar-refractivity contribution in [2.45, 2.75) is 24.1 Å². The minimum absolute atomic E-state index is 0.245. The Balaban J connectivity index is 1.50. The molecule has 0 bridgehead atoms. The summed E-state index contributed by atoms with van der Waals surface area (Å²) in [5.41, 5.74) is 6.11. The lowest BCUT2D eigenvalue weighted by atomic mass is 9.98. The lowest BCUT2D eigenvalue weighted by Gasteiger charge is -2.17. The first kappa shape index (κ1) is 30.6. The van der Waals surface area contributed by atoms with Crippen LogP contribution in [0.25, 0.3) is 33.6 Å². The summed E-state index contributed by atoms with van der Waals surface area (Å²) in [7, 11) is 4.63. The van der Waals surface area contributed by atoms with Crippen LogP contribution in [0.3, 0.4) is 0 Å². The molecule has 44 heavy (non-hydrogen) atoms. The molecule has 0 spiro atoms. The van der Waals surface area contributed by atoms with E-state index in [0.29, 0.717) is 49.8 Å². The van der Waals surface area contributed by atoms with Crippen molar-refractivity contribution in [1.29, 1.82) is 5.26 Å². The van der Waals surface area contributed by atoms with Gasteiger partial charge in [0.05, 0.1) is 43.5 Å². The Labute approximate surface area is 264 Å². The predicted octanol–water partition coefficient (Wildman–Crippen LogP) is 7.86. The highest BCUT2D eigenvalue weighted by atomic mass is 32.2. The number of benzene rings is 3. The average Bonchev–Trinajstić information content (AvgIpc) is 3.52. The van der Waals surface area contributed by atoms with E-state index in [1.54, 1.807) is 33.3 Å². The number of pyridine rings is 1. The molecule has 0 aliphatic rings. The molecule has 222 valence electrons. The zero-order valence-corrected chi connectivity index (χ0v) is 26.5. The summed E-state index contributed by atoms with van der Waals surface area (Å²) in [6.45, 7) is 3.82. The Hall–Kier alpha value is -4.85. The van der Waals surface area contributed by atoms with Crippen molar-refractivity contribution >= 4 is 34.1 Å². The number of hydrogen-bond donors (Lipinski definition) is 1. The van der Waals surface area contributed by atoms with Crippen molar-refractivity contribution in [3.63, 3.8) is 0 Å². The van der Waals surface area contributed by atoms with Gasteiger partial charge in [0.2, 0.25) is 11.7 Å². The molecule has 1 unspecified atom stereocenters. The average molecular weight is 623 g/mol. The summed E-state index contributed by atoms with van der Waals surface area (Å²) in [6.07, 6.45) is 0. The monoisotopic (exact) mass is 622 g/mol. The molecule has 0 fully saturated rings. The number of thiazole rings is 1. The van der Waals surface area contributed by atoms with Crippen LogP contribution in [0.2, 0.25) is 0 Å². The molecule has 0 saturated carbocycles. The van der Waals surface area contributed by atoms with Gasteiger partial charge in [0.1, 0.15) is 11.1 Å². The largest absolute Gasteiger partial charge is 0.493 e. The summed E-state index contributed by atoms with van der Waals surface area (Å²) in [5.74, 6) is 1.12. The van der Waals surface area contributed by atoms with E-state index in [1.165, 1.54) is 35.8 Å². The Morgan fingerprint density at radius 2 is 1.55 bits per heavy atom. The van der Waals surface area contributed by atoms with E-state index in [0.717, 1.165) is 16.8 Å². The third-order valence-corrected chi connectivity index (χ3v) is 8.73. The molecule has 3 aromatic carbocycles. The maximum Gasteiger partial charge on any atom is 0.239 e. The first-order valence-corrected chi connectivity index (χ1v) is 15.4. The number of nitrogens with one attached hydrogen (secondary N) is 1. The number of anilines is 1. The van der Waals surface area contributed by atoms with E-state index in [2.05, 4.69) is 16.4 Å². The maximum absolute atomic E-state index is 13.3. The number of rotatable bonds is 10. The molecule has 8 nitrogen and oxygen atoms in total. The number of amides is 1. The first-order valence-electron chi connectivity index (χ1n) is 13.7. The van der Waals surface area contributed by atoms with E-state index in [1.807, 2.05) is 73.0 Å². The number of hydrogen-bond acceptors (Lipinski definition) is 9. The van der Waals surface area contributed by atoms with Crippen LogP contribution in [0.5, 0.6) is 17.2 Å². The van der Waals surface area contributed by atoms with Crippen LogP contribution in [-0.2, 0) is 4.79 Å². The molecule has 5 aromatic rings. The number of methoxy groups -OCH3 is 3. The summed E-state index contributed by atoms with van der Waals surface area (Å²) in [4.78, 5) is 22.8. The third kappa shape index (κ3) is 6.54. The van der Waals surface area contributed by atoms with E-state index in [4.69, 9.17) is 19.2 Å². The van der Waals surface area contributed by atoms with E-state index >= 15 is 0 Å². The quantitative estimate of drug-likeness (QED) is 0.157. The summed E-state index contributed by atoms with van der Waals surface area (Å²) in [5, 5.41) is 15.6. The lowest BCUT2D eigenvalue weighted by Crippen LogP contribution is -2.22. The molecular weight excluding hydrogens is 593 g/mol. The molecule has 1 amide bonds. The highest BCUT2D eigenvalue weighted by Gasteiger charge is 2.24. The predicted molar refractivity (Wildman–Crippen MR) is 176 cm³/mol. The van der Waals surface area contributed by atoms with Gasteiger partial charge in [0.15, 0.2) is 16.6 Å². The lowest BCUT2D eigenvalue weighted by molar-refractivity contribution is -0.115. The molecule has 5 rings (SSSR count). The van der Waals surface area contributed by atoms with Gasteiger partial charge >= 0.3 is 0 Å². The summed E-state index contributed by atoms with van der Waals surface area (Å²) >= 11 is 2.58. The van der Waals surface area contributed by atoms with Gasteiger partial charge in [0.25, 0.3) is 0 Å². The zero-order chi connectivity index (χ0) is 31.2. The fourth-order valence-corrected chi connectivity index (χ4v) is 6.20. The molecule has 0 saturated heterocycles. The van der Waals surface area contributed by atoms with Crippen LogP contribution in [0, 0.1) is 18.3 Å². The SMILES string of the molecule is COc1cc(-c2cc(-c3ccccc3)nc(SC(C)C(=O)Nc3nc(-c4ccc(C)cc4)cs3)c2C#N)cc(OC)c1OC. The van der Waals surface area contributed by atoms with Crippen LogP contribution in [-0.4, -0.2) is 42.5 Å². The second-order valence-electron chi connectivity index (χ2n) is 9.78. The zero-order valence-electron chi connectivity index (χ0n) is 24.9. The van der Waals surface area contributed by atoms with Crippen molar-refractivity contribution in [2.24, 2.45) is 0 Å². The van der Waals surface area contributed by atoms with Crippen LogP contribution < -0.4 is 19.5 Å². The number of nitriles is 1. The number of carbonyl (C=O) groups excluding carboxylic acids is 1. The summed E-state index contributed by atoms with van der Waals surface area (Å²) in [6, 6.07) is 25.5. The van der Waals surface area contributed by atoms with E-state index < -0.39 is 5.25 Å². The van der Waals surface area contributed by atoms with Crippen molar-refractivity contribution in [3.05, 3.63) is 89.3 Å². The Bertz CT molecular complexity index is 1810. The molecule has 1 atom stereocenters. The second kappa shape index (κ2) is 13.6. The van der Waals surface area contributed by atoms with Crippen molar-refractivity contribution in [3.8, 4) is 57.0 Å². The highest BCUT2D eigenvalue weighted by Crippen LogP contribution is 2.44. The van der Waals surface area contributed by atoms with Crippen LogP contribution in [0.1, 0.15) is 18.1 Å². The fraction of sp³-hybridized carbons (Fsp3) is 0.176. The Morgan fingerprint density at radius 1 is 0.886 bits per heavy atom. The number of aryl methyl sites for hydroxylation is 1. The van der Waals surface area contributed by atoms with Gasteiger partial charge in [-0.05, 0) is 37.6 Å². The van der Waals surface area contributed by atoms with Crippen molar-refractivity contribution in [2.75, 3.05) is 26.6 Å². The van der Waals surface area contributed by atoms with Crippen LogP contribution in [0.4, 0.5) is 5.13 Å². The van der Waals surface area contributed by atoms with Gasteiger partial charge < -0.3 is 19.5 Å². The number of nitrogens with zero attached hydrogens (tertiary/aromatic N) is 3. The van der Waals surface area contributed by atoms with Crippen molar-refractivity contribution in [1.82, 2.24) is 9.97 Å². The molecule has 1 N–H and O–H groups in total. The maximum atomic E-state index is 13.3. The van der Waals surface area contributed by atoms with Gasteiger partial charge in [-0.15, -0.1) is 11.3 Å². The Morgan fingerprint density at radius 3 is 2.16 bits per heavy atom. The molecule has 0 aliphatic heterocycles. The van der Waals surface area contributed by atoms with Gasteiger partial charge in [-0.25, -0.2) is 9.97 Å². The smallest absolute Gasteiger partial charge is 0.239 e. The van der Waals surface area contributed by atoms with E-state index in [-0.39, 0.29) is 5.91 Å². The minimum Gasteiger partial charge on any atom is -0.493 e. The first-order chi connectivity index (χ1) is 21.3. The van der Waals surface area contributed by atoms with Gasteiger partial charge in [-0.2, -0.15) is 5.26 Å². The van der Waals surface area contributed by atoms with Crippen LogP contribution in [0.15, 0.2) is 83.2 Å². The van der Waals surface area contributed by atoms with E-state index in [9.17, 15) is 10.1 Å². The highest BCUT2D eigenvalue weighted by molar-refractivity contribution is 8.00.